The van der Waals surface area contributed by atoms with Crippen LogP contribution in [0.2, 0.25) is 0 Å². The molecule has 0 aliphatic heterocycles. The van der Waals surface area contributed by atoms with Crippen LogP contribution in [0, 0.1) is 12.7 Å². The van der Waals surface area contributed by atoms with Crippen LogP contribution in [0.4, 0.5) is 4.39 Å². The van der Waals surface area contributed by atoms with Crippen molar-refractivity contribution in [1.29, 1.82) is 0 Å². The van der Waals surface area contributed by atoms with Gasteiger partial charge in [-0.1, -0.05) is 36.9 Å². The standard InChI is InChI=1S/C19H21FO3/c1-13(2)23-22-9-8-16-11-15(12-21)5-7-17(16)18-6-4-14(3)10-19(18)20/h4-7,10-11,21H,1,8-9,12H2,2-3H3. The van der Waals surface area contributed by atoms with Gasteiger partial charge in [-0.05, 0) is 42.2 Å². The lowest BCUT2D eigenvalue weighted by Gasteiger charge is -2.13. The third-order valence-corrected chi connectivity index (χ3v) is 3.42. The zero-order chi connectivity index (χ0) is 16.8. The van der Waals surface area contributed by atoms with Crippen LogP contribution < -0.4 is 0 Å². The van der Waals surface area contributed by atoms with E-state index in [0.29, 0.717) is 24.4 Å². The van der Waals surface area contributed by atoms with E-state index in [0.717, 1.165) is 22.3 Å². The van der Waals surface area contributed by atoms with E-state index in [1.807, 2.05) is 25.1 Å². The molecule has 0 bridgehead atoms. The molecule has 0 radical (unpaired) electrons. The van der Waals surface area contributed by atoms with E-state index in [4.69, 9.17) is 9.78 Å². The Morgan fingerprint density at radius 1 is 1.17 bits per heavy atom. The molecule has 2 aromatic rings. The second kappa shape index (κ2) is 7.90. The van der Waals surface area contributed by atoms with Crippen molar-refractivity contribution in [3.05, 3.63) is 71.2 Å². The summed E-state index contributed by atoms with van der Waals surface area (Å²) in [4.78, 5) is 9.94. The summed E-state index contributed by atoms with van der Waals surface area (Å²) in [6.07, 6.45) is 0.532. The van der Waals surface area contributed by atoms with Crippen LogP contribution in [0.15, 0.2) is 48.7 Å². The summed E-state index contributed by atoms with van der Waals surface area (Å²) in [5.41, 5.74) is 3.87. The third kappa shape index (κ3) is 4.65. The largest absolute Gasteiger partial charge is 0.392 e. The van der Waals surface area contributed by atoms with E-state index in [9.17, 15) is 9.50 Å². The number of allylic oxidation sites excluding steroid dienone is 1. The van der Waals surface area contributed by atoms with Crippen LogP contribution in [-0.2, 0) is 22.8 Å². The van der Waals surface area contributed by atoms with Gasteiger partial charge in [0.2, 0.25) is 0 Å². The van der Waals surface area contributed by atoms with E-state index in [1.165, 1.54) is 6.07 Å². The van der Waals surface area contributed by atoms with Gasteiger partial charge in [-0.3, -0.25) is 0 Å². The molecule has 0 saturated heterocycles. The van der Waals surface area contributed by atoms with Crippen LogP contribution in [0.5, 0.6) is 0 Å². The Kier molecular flexibility index (Phi) is 5.90. The predicted molar refractivity (Wildman–Crippen MR) is 88.1 cm³/mol. The van der Waals surface area contributed by atoms with Gasteiger partial charge in [-0.2, -0.15) is 4.89 Å². The Morgan fingerprint density at radius 3 is 2.57 bits per heavy atom. The first-order valence-corrected chi connectivity index (χ1v) is 7.45. The lowest BCUT2D eigenvalue weighted by atomic mass is 9.95. The topological polar surface area (TPSA) is 38.7 Å². The van der Waals surface area contributed by atoms with Crippen molar-refractivity contribution < 1.29 is 19.3 Å². The highest BCUT2D eigenvalue weighted by Crippen LogP contribution is 2.28. The zero-order valence-electron chi connectivity index (χ0n) is 13.4. The predicted octanol–water partition coefficient (Wildman–Crippen LogP) is 4.32. The van der Waals surface area contributed by atoms with Gasteiger partial charge in [0.15, 0.2) is 0 Å². The van der Waals surface area contributed by atoms with Crippen molar-refractivity contribution in [1.82, 2.24) is 0 Å². The quantitative estimate of drug-likeness (QED) is 0.358. The van der Waals surface area contributed by atoms with Gasteiger partial charge in [0.05, 0.1) is 13.2 Å². The molecule has 0 saturated carbocycles. The Balaban J connectivity index is 2.29. The molecular weight excluding hydrogens is 295 g/mol. The first kappa shape index (κ1) is 17.2. The molecule has 2 aromatic carbocycles. The smallest absolute Gasteiger partial charge is 0.132 e. The molecule has 0 fully saturated rings. The molecule has 0 amide bonds. The minimum atomic E-state index is -0.262. The Bertz CT molecular complexity index is 695. The maximum Gasteiger partial charge on any atom is 0.132 e. The summed E-state index contributed by atoms with van der Waals surface area (Å²) in [6.45, 7) is 7.37. The minimum Gasteiger partial charge on any atom is -0.392 e. The molecule has 1 N–H and O–H groups in total. The lowest BCUT2D eigenvalue weighted by Crippen LogP contribution is -2.02. The Morgan fingerprint density at radius 2 is 1.91 bits per heavy atom. The van der Waals surface area contributed by atoms with Crippen molar-refractivity contribution in [3.63, 3.8) is 0 Å². The second-order valence-corrected chi connectivity index (χ2v) is 5.49. The molecule has 122 valence electrons. The number of rotatable bonds is 7. The zero-order valence-corrected chi connectivity index (χ0v) is 13.4. The maximum atomic E-state index is 14.3. The van der Waals surface area contributed by atoms with Crippen LogP contribution in [-0.4, -0.2) is 11.7 Å². The maximum absolute atomic E-state index is 14.3. The van der Waals surface area contributed by atoms with Gasteiger partial charge in [0, 0.05) is 12.0 Å². The van der Waals surface area contributed by atoms with E-state index in [1.54, 1.807) is 19.1 Å². The number of aliphatic hydroxyl groups is 1. The highest BCUT2D eigenvalue weighted by molar-refractivity contribution is 5.69. The first-order chi connectivity index (χ1) is 11.0. The van der Waals surface area contributed by atoms with Crippen molar-refractivity contribution in [3.8, 4) is 11.1 Å². The molecule has 4 heteroatoms. The summed E-state index contributed by atoms with van der Waals surface area (Å²) in [5, 5.41) is 9.32. The van der Waals surface area contributed by atoms with Crippen LogP contribution in [0.1, 0.15) is 23.6 Å². The SMILES string of the molecule is C=C(C)OOCCc1cc(CO)ccc1-c1ccc(C)cc1F. The number of halogens is 1. The van der Waals surface area contributed by atoms with Crippen LogP contribution in [0.3, 0.4) is 0 Å². The van der Waals surface area contributed by atoms with Gasteiger partial charge in [0.1, 0.15) is 11.6 Å². The van der Waals surface area contributed by atoms with Crippen molar-refractivity contribution in [2.24, 2.45) is 0 Å². The fourth-order valence-electron chi connectivity index (χ4n) is 2.35. The van der Waals surface area contributed by atoms with Gasteiger partial charge >= 0.3 is 0 Å². The number of aryl methyl sites for hydroxylation is 1. The van der Waals surface area contributed by atoms with Crippen LogP contribution in [0.25, 0.3) is 11.1 Å². The highest BCUT2D eigenvalue weighted by Gasteiger charge is 2.11. The highest BCUT2D eigenvalue weighted by atomic mass is 19.1. The first-order valence-electron chi connectivity index (χ1n) is 7.45. The van der Waals surface area contributed by atoms with Gasteiger partial charge in [-0.15, -0.1) is 0 Å². The van der Waals surface area contributed by atoms with E-state index in [-0.39, 0.29) is 12.4 Å². The molecule has 0 unspecified atom stereocenters. The summed E-state index contributed by atoms with van der Waals surface area (Å²) in [6, 6.07) is 10.6. The monoisotopic (exact) mass is 316 g/mol. The van der Waals surface area contributed by atoms with Gasteiger partial charge in [-0.25, -0.2) is 4.39 Å². The van der Waals surface area contributed by atoms with E-state index in [2.05, 4.69) is 6.58 Å². The fraction of sp³-hybridized carbons (Fsp3) is 0.263. The minimum absolute atomic E-state index is 0.0627. The number of aliphatic hydroxyl groups excluding tert-OH is 1. The summed E-state index contributed by atoms with van der Waals surface area (Å²) >= 11 is 0. The van der Waals surface area contributed by atoms with Crippen molar-refractivity contribution in [2.75, 3.05) is 6.61 Å². The molecule has 0 heterocycles. The molecular formula is C19H21FO3. The molecule has 0 aliphatic rings. The number of hydrogen-bond donors (Lipinski definition) is 1. The van der Waals surface area contributed by atoms with Crippen molar-refractivity contribution in [2.45, 2.75) is 26.9 Å². The Hall–Kier alpha value is -2.17. The molecule has 0 atom stereocenters. The molecule has 0 spiro atoms. The molecule has 2 rings (SSSR count). The fourth-order valence-corrected chi connectivity index (χ4v) is 2.35. The van der Waals surface area contributed by atoms with E-state index < -0.39 is 0 Å². The number of hydrogen-bond acceptors (Lipinski definition) is 3. The summed E-state index contributed by atoms with van der Waals surface area (Å²) < 4.78 is 14.3. The molecule has 23 heavy (non-hydrogen) atoms. The lowest BCUT2D eigenvalue weighted by molar-refractivity contribution is -0.260. The van der Waals surface area contributed by atoms with Crippen molar-refractivity contribution >= 4 is 0 Å². The third-order valence-electron chi connectivity index (χ3n) is 3.42. The second-order valence-electron chi connectivity index (χ2n) is 5.49. The van der Waals surface area contributed by atoms with Gasteiger partial charge < -0.3 is 9.99 Å². The molecule has 3 nitrogen and oxygen atoms in total. The summed E-state index contributed by atoms with van der Waals surface area (Å²) in [5.74, 6) is 0.209. The average molecular weight is 316 g/mol. The molecule has 0 aliphatic carbocycles. The van der Waals surface area contributed by atoms with E-state index >= 15 is 0 Å². The number of benzene rings is 2. The summed E-state index contributed by atoms with van der Waals surface area (Å²) in [7, 11) is 0. The van der Waals surface area contributed by atoms with Gasteiger partial charge in [0.25, 0.3) is 0 Å². The van der Waals surface area contributed by atoms with Crippen LogP contribution >= 0.6 is 0 Å². The normalized spacial score (nSPS) is 10.6. The molecule has 0 aromatic heterocycles. The Labute approximate surface area is 135 Å². The average Bonchev–Trinajstić information content (AvgIpc) is 2.51.